The van der Waals surface area contributed by atoms with Gasteiger partial charge in [-0.05, 0) is 64.7 Å². The minimum Gasteiger partial charge on any atom is -0.394 e. The van der Waals surface area contributed by atoms with Gasteiger partial charge >= 0.3 is 0 Å². The highest BCUT2D eigenvalue weighted by molar-refractivity contribution is 9.10. The maximum absolute atomic E-state index is 13.9. The zero-order valence-corrected chi connectivity index (χ0v) is 21.3. The Morgan fingerprint density at radius 3 is 2.67 bits per heavy atom. The first-order valence-corrected chi connectivity index (χ1v) is 13.0. The Labute approximate surface area is 218 Å². The van der Waals surface area contributed by atoms with Gasteiger partial charge in [0, 0.05) is 27.9 Å². The molecule has 0 radical (unpaired) electrons. The van der Waals surface area contributed by atoms with Crippen molar-refractivity contribution in [2.75, 3.05) is 6.61 Å². The van der Waals surface area contributed by atoms with Gasteiger partial charge in [-0.25, -0.2) is 9.37 Å². The molecule has 0 spiro atoms. The number of fused-ring (bicyclic) bond motifs is 2. The van der Waals surface area contributed by atoms with Crippen molar-refractivity contribution in [3.05, 3.63) is 121 Å². The van der Waals surface area contributed by atoms with Crippen LogP contribution in [0.2, 0.25) is 0 Å². The molecule has 0 unspecified atom stereocenters. The Kier molecular flexibility index (Phi) is 5.87. The molecule has 1 aliphatic heterocycles. The summed E-state index contributed by atoms with van der Waals surface area (Å²) in [7, 11) is 0. The average molecular weight is 560 g/mol. The number of nitrogens with zero attached hydrogens (tertiary/aromatic N) is 3. The van der Waals surface area contributed by atoms with E-state index >= 15 is 0 Å². The first-order valence-electron chi connectivity index (χ1n) is 11.3. The Bertz CT molecular complexity index is 1710. The van der Waals surface area contributed by atoms with E-state index < -0.39 is 11.9 Å². The third-order valence-electron chi connectivity index (χ3n) is 6.44. The fraction of sp³-hybridized carbons (Fsp3) is 0.107. The molecule has 6 rings (SSSR count). The van der Waals surface area contributed by atoms with Gasteiger partial charge in [-0.15, -0.1) is 11.3 Å². The predicted molar refractivity (Wildman–Crippen MR) is 144 cm³/mol. The molecule has 0 bridgehead atoms. The van der Waals surface area contributed by atoms with Crippen LogP contribution in [0.1, 0.15) is 28.3 Å². The van der Waals surface area contributed by atoms with E-state index in [1.165, 1.54) is 16.7 Å². The first-order chi connectivity index (χ1) is 17.5. The SMILES string of the molecule is O=c1cc(-c2ccc3c(c2)C(c2ccc4ncsc4c2)=NC3)ccn1[C@H](CO)c1cc(F)cc(Br)c1. The van der Waals surface area contributed by atoms with E-state index in [-0.39, 0.29) is 12.2 Å². The standard InChI is InChI=1S/C28H19BrFN3O2S/c29-21-7-20(8-22(30)12-21)25(14-34)33-6-5-17(11-27(33)35)16-1-2-19-13-31-28(23(19)9-16)18-3-4-24-26(10-18)36-15-32-24/h1-12,15,25,34H,13-14H2/t25-/m1/s1. The molecule has 178 valence electrons. The van der Waals surface area contributed by atoms with Gasteiger partial charge in [0.25, 0.3) is 5.56 Å². The van der Waals surface area contributed by atoms with Crippen molar-refractivity contribution < 1.29 is 9.50 Å². The van der Waals surface area contributed by atoms with Crippen LogP contribution < -0.4 is 5.56 Å². The number of hydrogen-bond acceptors (Lipinski definition) is 5. The molecule has 2 aromatic heterocycles. The highest BCUT2D eigenvalue weighted by Gasteiger charge is 2.20. The molecule has 36 heavy (non-hydrogen) atoms. The van der Waals surface area contributed by atoms with Gasteiger partial charge in [-0.2, -0.15) is 0 Å². The number of aliphatic hydroxyl groups is 1. The second kappa shape index (κ2) is 9.20. The minimum absolute atomic E-state index is 0.281. The van der Waals surface area contributed by atoms with E-state index in [1.54, 1.807) is 29.7 Å². The summed E-state index contributed by atoms with van der Waals surface area (Å²) < 4.78 is 17.0. The van der Waals surface area contributed by atoms with Crippen LogP contribution in [0.25, 0.3) is 21.3 Å². The largest absolute Gasteiger partial charge is 0.394 e. The molecular formula is C28H19BrFN3O2S. The van der Waals surface area contributed by atoms with Crippen LogP contribution in [-0.2, 0) is 6.54 Å². The number of aliphatic imine (C=N–C) groups is 1. The van der Waals surface area contributed by atoms with E-state index in [9.17, 15) is 14.3 Å². The fourth-order valence-corrected chi connectivity index (χ4v) is 5.86. The van der Waals surface area contributed by atoms with Gasteiger partial charge < -0.3 is 9.67 Å². The van der Waals surface area contributed by atoms with Gasteiger partial charge in [0.1, 0.15) is 5.82 Å². The second-order valence-corrected chi connectivity index (χ2v) is 10.4. The van der Waals surface area contributed by atoms with E-state index in [4.69, 9.17) is 4.99 Å². The smallest absolute Gasteiger partial charge is 0.251 e. The van der Waals surface area contributed by atoms with Crippen molar-refractivity contribution in [3.8, 4) is 11.1 Å². The molecule has 1 atom stereocenters. The van der Waals surface area contributed by atoms with E-state index in [0.717, 1.165) is 43.7 Å². The highest BCUT2D eigenvalue weighted by atomic mass is 79.9. The molecule has 0 saturated heterocycles. The summed E-state index contributed by atoms with van der Waals surface area (Å²) in [5.41, 5.74) is 8.89. The van der Waals surface area contributed by atoms with Crippen LogP contribution in [-0.4, -0.2) is 27.0 Å². The number of aromatic nitrogens is 2. The number of pyridine rings is 1. The summed E-state index contributed by atoms with van der Waals surface area (Å²) in [6, 6.07) is 19.4. The Hall–Kier alpha value is -3.46. The van der Waals surface area contributed by atoms with Crippen LogP contribution >= 0.6 is 27.3 Å². The molecule has 0 fully saturated rings. The normalized spacial score (nSPS) is 13.6. The Morgan fingerprint density at radius 2 is 1.86 bits per heavy atom. The number of halogens is 2. The zero-order chi connectivity index (χ0) is 24.8. The Morgan fingerprint density at radius 1 is 1.03 bits per heavy atom. The van der Waals surface area contributed by atoms with Gasteiger partial charge in [0.2, 0.25) is 0 Å². The predicted octanol–water partition coefficient (Wildman–Crippen LogP) is 5.96. The van der Waals surface area contributed by atoms with Crippen LogP contribution in [0.5, 0.6) is 0 Å². The van der Waals surface area contributed by atoms with Gasteiger partial charge in [-0.3, -0.25) is 9.79 Å². The van der Waals surface area contributed by atoms with E-state index in [2.05, 4.69) is 39.1 Å². The third-order valence-corrected chi connectivity index (χ3v) is 7.69. The Balaban J connectivity index is 1.35. The van der Waals surface area contributed by atoms with E-state index in [0.29, 0.717) is 16.6 Å². The third kappa shape index (κ3) is 4.11. The number of benzene rings is 3. The van der Waals surface area contributed by atoms with Crippen molar-refractivity contribution in [2.45, 2.75) is 12.6 Å². The van der Waals surface area contributed by atoms with Crippen LogP contribution in [0, 0.1) is 5.82 Å². The molecule has 0 amide bonds. The average Bonchev–Trinajstić information content (AvgIpc) is 3.51. The number of aliphatic hydroxyl groups excluding tert-OH is 1. The number of hydrogen-bond donors (Lipinski definition) is 1. The van der Waals surface area contributed by atoms with Crippen molar-refractivity contribution in [3.63, 3.8) is 0 Å². The lowest BCUT2D eigenvalue weighted by molar-refractivity contribution is 0.246. The molecule has 1 aliphatic rings. The first kappa shape index (κ1) is 23.0. The lowest BCUT2D eigenvalue weighted by Gasteiger charge is -2.19. The lowest BCUT2D eigenvalue weighted by atomic mass is 9.95. The van der Waals surface area contributed by atoms with Crippen molar-refractivity contribution in [1.29, 1.82) is 0 Å². The molecule has 3 heterocycles. The number of rotatable bonds is 5. The highest BCUT2D eigenvalue weighted by Crippen LogP contribution is 2.30. The maximum atomic E-state index is 13.9. The van der Waals surface area contributed by atoms with Gasteiger partial charge in [-0.1, -0.05) is 34.1 Å². The molecule has 5 nitrogen and oxygen atoms in total. The van der Waals surface area contributed by atoms with Gasteiger partial charge in [0.15, 0.2) is 0 Å². The number of thiazole rings is 1. The van der Waals surface area contributed by atoms with Gasteiger partial charge in [0.05, 0.1) is 40.6 Å². The lowest BCUT2D eigenvalue weighted by Crippen LogP contribution is -2.27. The summed E-state index contributed by atoms with van der Waals surface area (Å²) in [5.74, 6) is -0.437. The molecular weight excluding hydrogens is 541 g/mol. The van der Waals surface area contributed by atoms with Crippen molar-refractivity contribution in [1.82, 2.24) is 9.55 Å². The quantitative estimate of drug-likeness (QED) is 0.289. The van der Waals surface area contributed by atoms with Crippen LogP contribution in [0.3, 0.4) is 0 Å². The van der Waals surface area contributed by atoms with Crippen molar-refractivity contribution in [2.24, 2.45) is 4.99 Å². The monoisotopic (exact) mass is 559 g/mol. The van der Waals surface area contributed by atoms with E-state index in [1.807, 2.05) is 29.8 Å². The molecule has 5 aromatic rings. The molecule has 3 aromatic carbocycles. The second-order valence-electron chi connectivity index (χ2n) is 8.63. The fourth-order valence-electron chi connectivity index (χ4n) is 4.66. The molecule has 0 saturated carbocycles. The van der Waals surface area contributed by atoms with Crippen LogP contribution in [0.15, 0.2) is 92.7 Å². The summed E-state index contributed by atoms with van der Waals surface area (Å²) in [6.45, 7) is 0.284. The summed E-state index contributed by atoms with van der Waals surface area (Å²) in [6.07, 6.45) is 1.65. The summed E-state index contributed by atoms with van der Waals surface area (Å²) >= 11 is 4.88. The zero-order valence-electron chi connectivity index (χ0n) is 18.9. The maximum Gasteiger partial charge on any atom is 0.251 e. The topological polar surface area (TPSA) is 67.5 Å². The molecule has 1 N–H and O–H groups in total. The molecule has 0 aliphatic carbocycles. The summed E-state index contributed by atoms with van der Waals surface area (Å²) in [4.78, 5) is 22.2. The molecule has 8 heteroatoms. The van der Waals surface area contributed by atoms with Crippen molar-refractivity contribution >= 4 is 43.2 Å². The van der Waals surface area contributed by atoms with Crippen LogP contribution in [0.4, 0.5) is 4.39 Å². The minimum atomic E-state index is -0.695. The summed E-state index contributed by atoms with van der Waals surface area (Å²) in [5, 5.41) is 10.0.